The van der Waals surface area contributed by atoms with E-state index in [0.29, 0.717) is 13.0 Å². The molecule has 0 spiro atoms. The molecular formula is C69H132O14. The van der Waals surface area contributed by atoms with Crippen molar-refractivity contribution < 1.29 is 69.0 Å². The van der Waals surface area contributed by atoms with E-state index in [0.717, 1.165) is 38.5 Å². The van der Waals surface area contributed by atoms with Gasteiger partial charge < -0.3 is 64.2 Å². The van der Waals surface area contributed by atoms with Gasteiger partial charge in [0.25, 0.3) is 0 Å². The molecule has 2 aliphatic rings. The number of hydrogen-bond donors (Lipinski definition) is 7. The molecular weight excluding hydrogens is 1050 g/mol. The van der Waals surface area contributed by atoms with Crippen LogP contribution < -0.4 is 0 Å². The highest BCUT2D eigenvalue weighted by Gasteiger charge is 2.47. The van der Waals surface area contributed by atoms with Crippen LogP contribution in [-0.2, 0) is 33.2 Å². The molecule has 11 unspecified atom stereocenters. The maximum absolute atomic E-state index is 13.2. The molecule has 14 nitrogen and oxygen atoms in total. The Kier molecular flexibility index (Phi) is 52.5. The fraction of sp³-hybridized carbons (Fsp3) is 0.957. The molecule has 0 aromatic heterocycles. The van der Waals surface area contributed by atoms with Gasteiger partial charge in [0.05, 0.1) is 26.4 Å². The van der Waals surface area contributed by atoms with Crippen LogP contribution in [0.2, 0.25) is 0 Å². The van der Waals surface area contributed by atoms with Gasteiger partial charge in [-0.3, -0.25) is 4.79 Å². The summed E-state index contributed by atoms with van der Waals surface area (Å²) in [4.78, 5) is 13.2. The van der Waals surface area contributed by atoms with Crippen molar-refractivity contribution in [2.24, 2.45) is 0 Å². The number of hydrogen-bond acceptors (Lipinski definition) is 14. The van der Waals surface area contributed by atoms with Gasteiger partial charge >= 0.3 is 5.97 Å². The first-order valence-corrected chi connectivity index (χ1v) is 35.3. The van der Waals surface area contributed by atoms with E-state index in [1.165, 1.54) is 257 Å². The number of unbranched alkanes of at least 4 members (excludes halogenated alkanes) is 44. The molecule has 0 aromatic carbocycles. The Hall–Kier alpha value is -1.27. The summed E-state index contributed by atoms with van der Waals surface area (Å²) in [7, 11) is 0. The topological polar surface area (TPSA) is 214 Å². The third-order valence-corrected chi connectivity index (χ3v) is 17.3. The average molecular weight is 1190 g/mol. The number of aliphatic hydroxyl groups is 7. The Morgan fingerprint density at radius 2 is 0.711 bits per heavy atom. The predicted octanol–water partition coefficient (Wildman–Crippen LogP) is 14.9. The van der Waals surface area contributed by atoms with Crippen LogP contribution >= 0.6 is 0 Å². The second-order valence-electron chi connectivity index (χ2n) is 25.1. The van der Waals surface area contributed by atoms with Gasteiger partial charge in [0.1, 0.15) is 54.9 Å². The van der Waals surface area contributed by atoms with Gasteiger partial charge in [-0.2, -0.15) is 0 Å². The molecule has 2 heterocycles. The molecule has 7 N–H and O–H groups in total. The number of carbonyl (C=O) groups is 1. The number of ether oxygens (including phenoxy) is 6. The predicted molar refractivity (Wildman–Crippen MR) is 335 cm³/mol. The lowest BCUT2D eigenvalue weighted by molar-refractivity contribution is -0.332. The zero-order chi connectivity index (χ0) is 60.1. The van der Waals surface area contributed by atoms with Gasteiger partial charge in [-0.05, 0) is 38.5 Å². The largest absolute Gasteiger partial charge is 0.457 e. The van der Waals surface area contributed by atoms with E-state index in [9.17, 15) is 40.5 Å². The lowest BCUT2D eigenvalue weighted by atomic mass is 9.98. The van der Waals surface area contributed by atoms with Crippen LogP contribution in [0.1, 0.15) is 322 Å². The standard InChI is InChI=1S/C69H132O14/c1-3-5-7-9-11-13-15-17-19-21-23-25-27-29-30-32-34-36-38-40-42-44-46-48-50-52-61(71)81-58(56-79-68-67(77)65(75)63(73)60(83-68)57-80-69-66(76)64(74)62(72)59(54-70)82-69)55-78-53-51-49-47-45-43-41-39-37-35-33-31-28-26-24-22-20-18-16-14-12-10-8-6-4-2/h22,24,58-60,62-70,72-77H,3-21,23,25-57H2,1-2H3/b24-22-. The fourth-order valence-electron chi connectivity index (χ4n) is 11.6. The Morgan fingerprint density at radius 1 is 0.386 bits per heavy atom. The second kappa shape index (κ2) is 56.0. The summed E-state index contributed by atoms with van der Waals surface area (Å²) < 4.78 is 34.6. The highest BCUT2D eigenvalue weighted by Crippen LogP contribution is 2.27. The van der Waals surface area contributed by atoms with Crippen LogP contribution in [0.25, 0.3) is 0 Å². The van der Waals surface area contributed by atoms with Crippen molar-refractivity contribution in [1.29, 1.82) is 0 Å². The van der Waals surface area contributed by atoms with Crippen LogP contribution in [-0.4, -0.2) is 142 Å². The van der Waals surface area contributed by atoms with Crippen molar-refractivity contribution >= 4 is 5.97 Å². The Labute approximate surface area is 507 Å². The normalized spacial score (nSPS) is 23.4. The molecule has 0 radical (unpaired) electrons. The number of rotatable bonds is 60. The van der Waals surface area contributed by atoms with Crippen molar-refractivity contribution in [3.8, 4) is 0 Å². The van der Waals surface area contributed by atoms with Gasteiger partial charge in [0.2, 0.25) is 0 Å². The monoisotopic (exact) mass is 1180 g/mol. The minimum atomic E-state index is -1.70. The van der Waals surface area contributed by atoms with Crippen LogP contribution in [0.5, 0.6) is 0 Å². The van der Waals surface area contributed by atoms with E-state index in [4.69, 9.17) is 28.4 Å². The molecule has 0 amide bonds. The van der Waals surface area contributed by atoms with Crippen molar-refractivity contribution in [2.45, 2.75) is 390 Å². The second-order valence-corrected chi connectivity index (χ2v) is 25.1. The van der Waals surface area contributed by atoms with E-state index < -0.39 is 80.7 Å². The molecule has 11 atom stereocenters. The van der Waals surface area contributed by atoms with Gasteiger partial charge in [-0.25, -0.2) is 0 Å². The number of aliphatic hydroxyl groups excluding tert-OH is 7. The lowest BCUT2D eigenvalue weighted by Gasteiger charge is -2.42. The Morgan fingerprint density at radius 3 is 1.10 bits per heavy atom. The molecule has 0 saturated carbocycles. The van der Waals surface area contributed by atoms with Crippen molar-refractivity contribution in [3.63, 3.8) is 0 Å². The molecule has 2 rings (SSSR count). The summed E-state index contributed by atoms with van der Waals surface area (Å²) in [5.74, 6) is -0.366. The highest BCUT2D eigenvalue weighted by atomic mass is 16.7. The summed E-state index contributed by atoms with van der Waals surface area (Å²) in [6.07, 6.45) is 50.1. The first-order chi connectivity index (χ1) is 40.6. The van der Waals surface area contributed by atoms with E-state index >= 15 is 0 Å². The van der Waals surface area contributed by atoms with E-state index in [2.05, 4.69) is 26.0 Å². The zero-order valence-electron chi connectivity index (χ0n) is 53.5. The molecule has 2 fully saturated rings. The van der Waals surface area contributed by atoms with Gasteiger partial charge in [-0.15, -0.1) is 0 Å². The van der Waals surface area contributed by atoms with Crippen LogP contribution in [0.3, 0.4) is 0 Å². The van der Waals surface area contributed by atoms with Crippen molar-refractivity contribution in [1.82, 2.24) is 0 Å². The highest BCUT2D eigenvalue weighted by molar-refractivity contribution is 5.69. The quantitative estimate of drug-likeness (QED) is 0.0171. The first-order valence-electron chi connectivity index (χ1n) is 35.3. The van der Waals surface area contributed by atoms with Crippen LogP contribution in [0, 0.1) is 0 Å². The third-order valence-electron chi connectivity index (χ3n) is 17.3. The maximum Gasteiger partial charge on any atom is 0.306 e. The van der Waals surface area contributed by atoms with Gasteiger partial charge in [0.15, 0.2) is 12.6 Å². The van der Waals surface area contributed by atoms with Crippen LogP contribution in [0.15, 0.2) is 12.2 Å². The lowest BCUT2D eigenvalue weighted by Crippen LogP contribution is -2.61. The maximum atomic E-state index is 13.2. The molecule has 0 aromatic rings. The summed E-state index contributed by atoms with van der Waals surface area (Å²) in [5.41, 5.74) is 0. The SMILES string of the molecule is CCCCCCCCCC/C=C\CCCCCCCCCCCCCCOCC(COC1OC(COC2OC(CO)C(O)C(O)C2O)C(O)C(O)C1O)OC(=O)CCCCCCCCCCCCCCCCCCCCCCCCCCC. The van der Waals surface area contributed by atoms with Crippen LogP contribution in [0.4, 0.5) is 0 Å². The van der Waals surface area contributed by atoms with E-state index in [1.807, 2.05) is 0 Å². The minimum absolute atomic E-state index is 0.0684. The minimum Gasteiger partial charge on any atom is -0.457 e. The Bertz CT molecular complexity index is 1420. The number of carbonyl (C=O) groups excluding carboxylic acids is 1. The third kappa shape index (κ3) is 41.6. The summed E-state index contributed by atoms with van der Waals surface area (Å²) in [5, 5.41) is 72.6. The first kappa shape index (κ1) is 77.8. The molecule has 0 bridgehead atoms. The fourth-order valence-corrected chi connectivity index (χ4v) is 11.6. The molecule has 2 saturated heterocycles. The average Bonchev–Trinajstić information content (AvgIpc) is 3.67. The zero-order valence-corrected chi connectivity index (χ0v) is 53.5. The molecule has 14 heteroatoms. The molecule has 83 heavy (non-hydrogen) atoms. The number of esters is 1. The summed E-state index contributed by atoms with van der Waals surface area (Å²) in [6, 6.07) is 0. The number of allylic oxidation sites excluding steroid dienone is 2. The Balaban J connectivity index is 1.63. The summed E-state index contributed by atoms with van der Waals surface area (Å²) >= 11 is 0. The van der Waals surface area contributed by atoms with Crippen molar-refractivity contribution in [3.05, 3.63) is 12.2 Å². The van der Waals surface area contributed by atoms with Gasteiger partial charge in [0, 0.05) is 13.0 Å². The van der Waals surface area contributed by atoms with E-state index in [-0.39, 0.29) is 25.6 Å². The molecule has 492 valence electrons. The molecule has 2 aliphatic heterocycles. The van der Waals surface area contributed by atoms with Crippen molar-refractivity contribution in [2.75, 3.05) is 33.0 Å². The van der Waals surface area contributed by atoms with E-state index in [1.54, 1.807) is 0 Å². The van der Waals surface area contributed by atoms with Gasteiger partial charge in [-0.1, -0.05) is 289 Å². The smallest absolute Gasteiger partial charge is 0.306 e. The summed E-state index contributed by atoms with van der Waals surface area (Å²) in [6.45, 7) is 3.78. The molecule has 0 aliphatic carbocycles.